The van der Waals surface area contributed by atoms with Gasteiger partial charge in [0.05, 0.1) is 28.6 Å². The summed E-state index contributed by atoms with van der Waals surface area (Å²) in [4.78, 5) is 21.0. The van der Waals surface area contributed by atoms with Gasteiger partial charge in [0.1, 0.15) is 22.9 Å². The summed E-state index contributed by atoms with van der Waals surface area (Å²) < 4.78 is 1.72. The second-order valence-electron chi connectivity index (χ2n) is 5.72. The summed E-state index contributed by atoms with van der Waals surface area (Å²) >= 11 is 1.25. The van der Waals surface area contributed by atoms with Crippen LogP contribution in [0.1, 0.15) is 10.4 Å². The van der Waals surface area contributed by atoms with Crippen LogP contribution in [0.2, 0.25) is 0 Å². The molecule has 7 nitrogen and oxygen atoms in total. The number of nitrogens with zero attached hydrogens (tertiary/aromatic N) is 4. The smallest absolute Gasteiger partial charge is 0.176 e. The van der Waals surface area contributed by atoms with Gasteiger partial charge in [0, 0.05) is 6.07 Å². The average Bonchev–Trinajstić information content (AvgIpc) is 3.11. The fraction of sp³-hybridized carbons (Fsp3) is 0.0526. The zero-order valence-corrected chi connectivity index (χ0v) is 14.8. The Bertz CT molecular complexity index is 1130. The minimum Gasteiger partial charge on any atom is -0.508 e. The number of para-hydroxylation sites is 1. The predicted molar refractivity (Wildman–Crippen MR) is 101 cm³/mol. The van der Waals surface area contributed by atoms with E-state index in [-0.39, 0.29) is 28.6 Å². The molecule has 0 aliphatic heterocycles. The molecule has 0 spiro atoms. The minimum absolute atomic E-state index is 0.0843. The lowest BCUT2D eigenvalue weighted by Gasteiger charge is -2.05. The van der Waals surface area contributed by atoms with Gasteiger partial charge in [0.15, 0.2) is 11.4 Å². The van der Waals surface area contributed by atoms with Gasteiger partial charge < -0.3 is 10.2 Å². The van der Waals surface area contributed by atoms with Crippen molar-refractivity contribution in [3.8, 4) is 17.2 Å². The van der Waals surface area contributed by atoms with Crippen molar-refractivity contribution in [1.29, 1.82) is 0 Å². The van der Waals surface area contributed by atoms with Gasteiger partial charge >= 0.3 is 0 Å². The van der Waals surface area contributed by atoms with Crippen molar-refractivity contribution < 1.29 is 15.0 Å². The number of phenolic OH excluding ortho intramolecular Hbond substituents is 2. The van der Waals surface area contributed by atoms with E-state index in [0.717, 1.165) is 17.1 Å². The van der Waals surface area contributed by atoms with Gasteiger partial charge in [-0.05, 0) is 24.3 Å². The number of aromatic hydroxyl groups is 2. The molecular formula is C19H14N4O3S. The molecule has 134 valence electrons. The van der Waals surface area contributed by atoms with Crippen LogP contribution in [0.25, 0.3) is 16.7 Å². The van der Waals surface area contributed by atoms with E-state index in [9.17, 15) is 15.0 Å². The molecule has 0 unspecified atom stereocenters. The molecule has 2 heterocycles. The second kappa shape index (κ2) is 7.08. The van der Waals surface area contributed by atoms with E-state index in [4.69, 9.17) is 0 Å². The highest BCUT2D eigenvalue weighted by molar-refractivity contribution is 8.00. The number of ketones is 1. The normalized spacial score (nSPS) is 11.0. The maximum atomic E-state index is 12.4. The summed E-state index contributed by atoms with van der Waals surface area (Å²) in [5, 5.41) is 24.9. The molecule has 4 aromatic rings. The van der Waals surface area contributed by atoms with Crippen LogP contribution in [-0.4, -0.2) is 41.5 Å². The molecule has 2 aromatic carbocycles. The molecule has 0 radical (unpaired) electrons. The fourth-order valence-corrected chi connectivity index (χ4v) is 3.51. The number of fused-ring (bicyclic) bond motifs is 1. The summed E-state index contributed by atoms with van der Waals surface area (Å²) in [6.45, 7) is 0. The maximum Gasteiger partial charge on any atom is 0.176 e. The molecule has 0 amide bonds. The third-order valence-electron chi connectivity index (χ3n) is 3.95. The lowest BCUT2D eigenvalue weighted by molar-refractivity contribution is 0.102. The Balaban J connectivity index is 1.60. The number of hydrogen-bond donors (Lipinski definition) is 2. The summed E-state index contributed by atoms with van der Waals surface area (Å²) in [6.07, 6.45) is 3.11. The van der Waals surface area contributed by atoms with Gasteiger partial charge in [-0.15, -0.1) is 0 Å². The number of phenols is 2. The Labute approximate surface area is 158 Å². The molecule has 27 heavy (non-hydrogen) atoms. The van der Waals surface area contributed by atoms with E-state index < -0.39 is 0 Å². The number of benzene rings is 2. The Hall–Kier alpha value is -3.39. The van der Waals surface area contributed by atoms with Crippen LogP contribution in [0.3, 0.4) is 0 Å². The number of carbonyl (C=O) groups excluding carboxylic acids is 1. The molecule has 0 bridgehead atoms. The van der Waals surface area contributed by atoms with E-state index in [1.54, 1.807) is 10.9 Å². The highest BCUT2D eigenvalue weighted by atomic mass is 32.2. The minimum atomic E-state index is -0.264. The van der Waals surface area contributed by atoms with Crippen molar-refractivity contribution in [2.45, 2.75) is 5.03 Å². The van der Waals surface area contributed by atoms with Crippen LogP contribution in [0.15, 0.2) is 66.1 Å². The predicted octanol–water partition coefficient (Wildman–Crippen LogP) is 3.20. The first kappa shape index (κ1) is 17.0. The van der Waals surface area contributed by atoms with Gasteiger partial charge in [0.25, 0.3) is 0 Å². The van der Waals surface area contributed by atoms with Crippen molar-refractivity contribution in [3.63, 3.8) is 0 Å². The Morgan fingerprint density at radius 2 is 1.89 bits per heavy atom. The number of hydrogen-bond acceptors (Lipinski definition) is 7. The lowest BCUT2D eigenvalue weighted by atomic mass is 10.1. The van der Waals surface area contributed by atoms with E-state index in [1.807, 2.05) is 30.3 Å². The van der Waals surface area contributed by atoms with Crippen LogP contribution < -0.4 is 0 Å². The molecule has 8 heteroatoms. The summed E-state index contributed by atoms with van der Waals surface area (Å²) in [5.74, 6) is -0.520. The summed E-state index contributed by atoms with van der Waals surface area (Å²) in [5.41, 5.74) is 1.69. The number of aromatic nitrogens is 4. The molecular weight excluding hydrogens is 364 g/mol. The van der Waals surface area contributed by atoms with Gasteiger partial charge in [-0.1, -0.05) is 30.0 Å². The molecule has 0 aliphatic rings. The zero-order valence-electron chi connectivity index (χ0n) is 14.0. The zero-order chi connectivity index (χ0) is 18.8. The van der Waals surface area contributed by atoms with Crippen molar-refractivity contribution in [1.82, 2.24) is 19.7 Å². The number of thioether (sulfide) groups is 1. The maximum absolute atomic E-state index is 12.4. The van der Waals surface area contributed by atoms with Crippen LogP contribution in [0, 0.1) is 0 Å². The molecule has 0 atom stereocenters. The van der Waals surface area contributed by atoms with Crippen molar-refractivity contribution in [2.75, 3.05) is 5.75 Å². The highest BCUT2D eigenvalue weighted by Crippen LogP contribution is 2.28. The molecule has 0 aliphatic carbocycles. The van der Waals surface area contributed by atoms with Gasteiger partial charge in [-0.2, -0.15) is 5.10 Å². The van der Waals surface area contributed by atoms with Gasteiger partial charge in [-0.3, -0.25) is 4.79 Å². The van der Waals surface area contributed by atoms with Crippen LogP contribution in [0.5, 0.6) is 11.5 Å². The third kappa shape index (κ3) is 3.34. The van der Waals surface area contributed by atoms with Crippen molar-refractivity contribution in [3.05, 3.63) is 66.6 Å². The number of Topliss-reactive ketones (excluding diaryl/α,β-unsaturated/α-hetero) is 1. The monoisotopic (exact) mass is 378 g/mol. The molecule has 0 fully saturated rings. The van der Waals surface area contributed by atoms with Crippen LogP contribution in [0.4, 0.5) is 0 Å². The van der Waals surface area contributed by atoms with E-state index in [0.29, 0.717) is 10.7 Å². The topological polar surface area (TPSA) is 101 Å². The first-order valence-electron chi connectivity index (χ1n) is 8.05. The Kier molecular flexibility index (Phi) is 4.47. The van der Waals surface area contributed by atoms with E-state index in [2.05, 4.69) is 15.1 Å². The standard InChI is InChI=1S/C19H14N4O3S/c24-13-6-7-14(16(25)8-13)17(26)10-27-19-15-9-22-23(18(15)20-11-21-19)12-4-2-1-3-5-12/h1-9,11,24-25H,10H2. The Morgan fingerprint density at radius 1 is 1.07 bits per heavy atom. The molecule has 4 rings (SSSR count). The first-order valence-corrected chi connectivity index (χ1v) is 9.04. The van der Waals surface area contributed by atoms with E-state index >= 15 is 0 Å². The quantitative estimate of drug-likeness (QED) is 0.312. The number of carbonyl (C=O) groups is 1. The van der Waals surface area contributed by atoms with Gasteiger partial charge in [-0.25, -0.2) is 14.6 Å². The molecule has 0 saturated carbocycles. The summed E-state index contributed by atoms with van der Waals surface area (Å²) in [7, 11) is 0. The Morgan fingerprint density at radius 3 is 2.67 bits per heavy atom. The number of rotatable bonds is 5. The first-order chi connectivity index (χ1) is 13.1. The summed E-state index contributed by atoms with van der Waals surface area (Å²) in [6, 6.07) is 13.5. The molecule has 0 saturated heterocycles. The largest absolute Gasteiger partial charge is 0.508 e. The van der Waals surface area contributed by atoms with Gasteiger partial charge in [0.2, 0.25) is 0 Å². The highest BCUT2D eigenvalue weighted by Gasteiger charge is 2.16. The van der Waals surface area contributed by atoms with Crippen molar-refractivity contribution in [2.24, 2.45) is 0 Å². The van der Waals surface area contributed by atoms with E-state index in [1.165, 1.54) is 30.2 Å². The fourth-order valence-electron chi connectivity index (χ4n) is 2.66. The molecule has 2 N–H and O–H groups in total. The second-order valence-corrected chi connectivity index (χ2v) is 6.69. The average molecular weight is 378 g/mol. The lowest BCUT2D eigenvalue weighted by Crippen LogP contribution is -2.03. The van der Waals surface area contributed by atoms with Crippen LogP contribution in [-0.2, 0) is 0 Å². The van der Waals surface area contributed by atoms with Crippen molar-refractivity contribution >= 4 is 28.6 Å². The van der Waals surface area contributed by atoms with Crippen LogP contribution >= 0.6 is 11.8 Å². The third-order valence-corrected chi connectivity index (χ3v) is 4.96. The SMILES string of the molecule is O=C(CSc1ncnc2c1cnn2-c1ccccc1)c1ccc(O)cc1O. The molecule has 2 aromatic heterocycles.